The van der Waals surface area contributed by atoms with Gasteiger partial charge >= 0.3 is 6.09 Å². The second-order valence-electron chi connectivity index (χ2n) is 7.16. The van der Waals surface area contributed by atoms with Crippen LogP contribution in [0.4, 0.5) is 18.0 Å². The first kappa shape index (κ1) is 18.9. The van der Waals surface area contributed by atoms with Crippen LogP contribution in [0, 0.1) is 11.9 Å². The molecule has 0 spiro atoms. The van der Waals surface area contributed by atoms with Gasteiger partial charge in [-0.1, -0.05) is 0 Å². The van der Waals surface area contributed by atoms with Gasteiger partial charge in [-0.3, -0.25) is 0 Å². The molecule has 1 amide bonds. The van der Waals surface area contributed by atoms with Gasteiger partial charge in [-0.25, -0.2) is 28.9 Å². The molecule has 0 radical (unpaired) electrons. The average molecular weight is 436 g/mol. The molecule has 1 saturated carbocycles. The number of pyridine rings is 1. The number of rotatable bonds is 2. The summed E-state index contributed by atoms with van der Waals surface area (Å²) in [6, 6.07) is 0.807. The Balaban J connectivity index is 1.99. The van der Waals surface area contributed by atoms with Crippen LogP contribution in [0.2, 0.25) is 0 Å². The lowest BCUT2D eigenvalue weighted by Crippen LogP contribution is -2.46. The summed E-state index contributed by atoms with van der Waals surface area (Å²) in [7, 11) is 0. The fourth-order valence-corrected chi connectivity index (χ4v) is 3.26. The average Bonchev–Trinajstić information content (AvgIpc) is 3.26. The zero-order valence-corrected chi connectivity index (χ0v) is 15.8. The number of halogens is 4. The van der Waals surface area contributed by atoms with E-state index in [1.54, 1.807) is 20.8 Å². The molecule has 0 aromatic carbocycles. The van der Waals surface area contributed by atoms with Gasteiger partial charge in [-0.2, -0.15) is 4.39 Å². The SMILES string of the molecule is CC(C)(C)OC(=O)NC1=N[C@@](c2cc(Br)cnc2F)(C(F)F)[C@H]2C[C@H]2O1. The van der Waals surface area contributed by atoms with Crippen LogP contribution >= 0.6 is 15.9 Å². The van der Waals surface area contributed by atoms with Crippen LogP contribution in [0.3, 0.4) is 0 Å². The number of alkyl halides is 2. The number of nitrogens with one attached hydrogen (secondary N) is 1. The first-order valence-corrected chi connectivity index (χ1v) is 8.68. The monoisotopic (exact) mass is 435 g/mol. The second-order valence-corrected chi connectivity index (χ2v) is 8.08. The molecule has 142 valence electrons. The summed E-state index contributed by atoms with van der Waals surface area (Å²) >= 11 is 3.11. The van der Waals surface area contributed by atoms with E-state index in [1.165, 1.54) is 12.3 Å². The fraction of sp³-hybridized carbons (Fsp3) is 0.562. The summed E-state index contributed by atoms with van der Waals surface area (Å²) in [6.07, 6.45) is -3.08. The number of aliphatic imine (C=N–C) groups is 1. The minimum absolute atomic E-state index is 0.263. The molecule has 26 heavy (non-hydrogen) atoms. The standard InChI is InChI=1S/C16H17BrF3N3O3/c1-15(2,3)26-14(24)22-13-23-16(12(19)20,8-5-10(8)25-13)9-4-7(17)6-21-11(9)18/h4,6,8,10,12H,5H2,1-3H3,(H,22,23,24)/t8-,10+,16-/m0/s1. The van der Waals surface area contributed by atoms with E-state index in [9.17, 15) is 18.0 Å². The van der Waals surface area contributed by atoms with Crippen molar-refractivity contribution in [2.75, 3.05) is 0 Å². The van der Waals surface area contributed by atoms with Crippen LogP contribution in [0.5, 0.6) is 0 Å². The van der Waals surface area contributed by atoms with Gasteiger partial charge in [0, 0.05) is 22.2 Å². The van der Waals surface area contributed by atoms with Crippen LogP contribution in [0.15, 0.2) is 21.7 Å². The van der Waals surface area contributed by atoms with E-state index in [1.807, 2.05) is 0 Å². The molecule has 3 rings (SSSR count). The molecule has 1 fully saturated rings. The summed E-state index contributed by atoms with van der Waals surface area (Å²) in [5.74, 6) is -1.75. The predicted molar refractivity (Wildman–Crippen MR) is 89.4 cm³/mol. The maximum Gasteiger partial charge on any atom is 0.415 e. The van der Waals surface area contributed by atoms with Gasteiger partial charge in [-0.15, -0.1) is 0 Å². The molecule has 1 aromatic rings. The quantitative estimate of drug-likeness (QED) is 0.718. The van der Waals surface area contributed by atoms with Crippen molar-refractivity contribution < 1.29 is 27.4 Å². The van der Waals surface area contributed by atoms with E-state index in [0.717, 1.165) is 0 Å². The maximum absolute atomic E-state index is 14.3. The Morgan fingerprint density at radius 3 is 2.81 bits per heavy atom. The summed E-state index contributed by atoms with van der Waals surface area (Å²) in [6.45, 7) is 4.96. The first-order chi connectivity index (χ1) is 12.0. The Kier molecular flexibility index (Phi) is 4.66. The van der Waals surface area contributed by atoms with Crippen molar-refractivity contribution >= 4 is 28.0 Å². The molecule has 2 aliphatic rings. The lowest BCUT2D eigenvalue weighted by molar-refractivity contribution is 0.0148. The van der Waals surface area contributed by atoms with Crippen molar-refractivity contribution in [3.8, 4) is 0 Å². The van der Waals surface area contributed by atoms with Crippen molar-refractivity contribution in [1.82, 2.24) is 10.3 Å². The Bertz CT molecular complexity index is 769. The van der Waals surface area contributed by atoms with E-state index in [0.29, 0.717) is 4.47 Å². The van der Waals surface area contributed by atoms with Gasteiger partial charge in [0.05, 0.1) is 0 Å². The predicted octanol–water partition coefficient (Wildman–Crippen LogP) is 3.74. The Labute approximate surface area is 156 Å². The molecule has 0 saturated heterocycles. The zero-order valence-electron chi connectivity index (χ0n) is 14.2. The van der Waals surface area contributed by atoms with Crippen LogP contribution in [-0.4, -0.2) is 35.2 Å². The molecule has 10 heteroatoms. The summed E-state index contributed by atoms with van der Waals surface area (Å²) < 4.78 is 53.3. The number of carbonyl (C=O) groups excluding carboxylic acids is 1. The van der Waals surface area contributed by atoms with Gasteiger partial charge in [0.1, 0.15) is 11.7 Å². The minimum Gasteiger partial charge on any atom is -0.461 e. The Hall–Kier alpha value is -1.84. The number of nitrogens with zero attached hydrogens (tertiary/aromatic N) is 2. The molecular weight excluding hydrogens is 419 g/mol. The number of fused-ring (bicyclic) bond motifs is 1. The van der Waals surface area contributed by atoms with Crippen molar-refractivity contribution in [1.29, 1.82) is 0 Å². The lowest BCUT2D eigenvalue weighted by atomic mass is 9.86. The Morgan fingerprint density at radius 1 is 1.50 bits per heavy atom. The van der Waals surface area contributed by atoms with E-state index in [2.05, 4.69) is 31.2 Å². The number of aromatic nitrogens is 1. The molecule has 0 bridgehead atoms. The van der Waals surface area contributed by atoms with Crippen LogP contribution in [-0.2, 0) is 15.0 Å². The summed E-state index contributed by atoms with van der Waals surface area (Å²) in [4.78, 5) is 19.3. The number of hydrogen-bond donors (Lipinski definition) is 1. The van der Waals surface area contributed by atoms with Crippen LogP contribution < -0.4 is 5.32 Å². The molecular formula is C16H17BrF3N3O3. The highest BCUT2D eigenvalue weighted by molar-refractivity contribution is 9.10. The number of ether oxygens (including phenoxy) is 2. The van der Waals surface area contributed by atoms with E-state index >= 15 is 0 Å². The van der Waals surface area contributed by atoms with E-state index in [-0.39, 0.29) is 12.0 Å². The molecule has 1 N–H and O–H groups in total. The molecule has 0 unspecified atom stereocenters. The number of amides is 1. The van der Waals surface area contributed by atoms with Crippen molar-refractivity contribution in [2.45, 2.75) is 50.9 Å². The highest BCUT2D eigenvalue weighted by Gasteiger charge is 2.65. The molecule has 1 aliphatic carbocycles. The molecule has 1 aliphatic heterocycles. The number of amidine groups is 1. The number of alkyl carbamates (subject to hydrolysis) is 1. The molecule has 2 heterocycles. The highest BCUT2D eigenvalue weighted by atomic mass is 79.9. The van der Waals surface area contributed by atoms with E-state index in [4.69, 9.17) is 9.47 Å². The van der Waals surface area contributed by atoms with Gasteiger partial charge in [0.15, 0.2) is 5.54 Å². The molecule has 3 atom stereocenters. The van der Waals surface area contributed by atoms with Gasteiger partial charge < -0.3 is 9.47 Å². The summed E-state index contributed by atoms with van der Waals surface area (Å²) in [5, 5.41) is 2.22. The fourth-order valence-electron chi connectivity index (χ4n) is 2.93. The van der Waals surface area contributed by atoms with Gasteiger partial charge in [-0.05, 0) is 49.2 Å². The smallest absolute Gasteiger partial charge is 0.415 e. The first-order valence-electron chi connectivity index (χ1n) is 7.89. The zero-order chi connectivity index (χ0) is 19.3. The second kappa shape index (κ2) is 6.40. The van der Waals surface area contributed by atoms with Crippen LogP contribution in [0.1, 0.15) is 32.8 Å². The lowest BCUT2D eigenvalue weighted by Gasteiger charge is -2.33. The third kappa shape index (κ3) is 3.51. The maximum atomic E-state index is 14.3. The van der Waals surface area contributed by atoms with Crippen LogP contribution in [0.25, 0.3) is 0 Å². The third-order valence-electron chi connectivity index (χ3n) is 4.02. The third-order valence-corrected chi connectivity index (χ3v) is 4.46. The topological polar surface area (TPSA) is 72.8 Å². The van der Waals surface area contributed by atoms with Crippen molar-refractivity contribution in [3.63, 3.8) is 0 Å². The van der Waals surface area contributed by atoms with E-state index < -0.39 is 47.6 Å². The van der Waals surface area contributed by atoms with Gasteiger partial charge in [0.2, 0.25) is 5.95 Å². The van der Waals surface area contributed by atoms with Crippen molar-refractivity contribution in [2.24, 2.45) is 10.9 Å². The Morgan fingerprint density at radius 2 is 2.19 bits per heavy atom. The normalized spacial score (nSPS) is 27.3. The molecule has 1 aromatic heterocycles. The summed E-state index contributed by atoms with van der Waals surface area (Å²) in [5.41, 5.74) is -3.32. The number of carbonyl (C=O) groups is 1. The molecule has 6 nitrogen and oxygen atoms in total. The van der Waals surface area contributed by atoms with Crippen molar-refractivity contribution in [3.05, 3.63) is 28.2 Å². The number of hydrogen-bond acceptors (Lipinski definition) is 5. The van der Waals surface area contributed by atoms with Gasteiger partial charge in [0.25, 0.3) is 12.4 Å². The largest absolute Gasteiger partial charge is 0.461 e. The highest BCUT2D eigenvalue weighted by Crippen LogP contribution is 2.56. The minimum atomic E-state index is -3.03.